The summed E-state index contributed by atoms with van der Waals surface area (Å²) in [4.78, 5) is 32.9. The molecule has 0 saturated carbocycles. The molecule has 1 N–H and O–H groups in total. The number of nitrogens with zero attached hydrogens (tertiary/aromatic N) is 2. The molecule has 0 bridgehead atoms. The number of ether oxygens (including phenoxy) is 1. The Morgan fingerprint density at radius 1 is 1.09 bits per heavy atom. The number of aliphatic hydroxyl groups excluding tert-OH is 1. The van der Waals surface area contributed by atoms with Gasteiger partial charge in [0.25, 0.3) is 5.78 Å². The molecule has 4 aromatic rings. The number of benzene rings is 3. The van der Waals surface area contributed by atoms with Crippen LogP contribution in [0.15, 0.2) is 70.7 Å². The number of halogens is 1. The summed E-state index contributed by atoms with van der Waals surface area (Å²) < 4.78 is 6.92. The van der Waals surface area contributed by atoms with Crippen LogP contribution in [0.25, 0.3) is 16.0 Å². The van der Waals surface area contributed by atoms with Crippen molar-refractivity contribution in [2.75, 3.05) is 12.0 Å². The van der Waals surface area contributed by atoms with Crippen LogP contribution >= 0.6 is 27.3 Å². The fourth-order valence-corrected chi connectivity index (χ4v) is 5.97. The highest BCUT2D eigenvalue weighted by Crippen LogP contribution is 2.45. The minimum Gasteiger partial charge on any atom is -0.507 e. The Labute approximate surface area is 214 Å². The van der Waals surface area contributed by atoms with Crippen molar-refractivity contribution in [1.29, 1.82) is 0 Å². The van der Waals surface area contributed by atoms with E-state index in [0.29, 0.717) is 22.0 Å². The topological polar surface area (TPSA) is 79.7 Å². The number of hydrogen-bond donors (Lipinski definition) is 1. The van der Waals surface area contributed by atoms with Gasteiger partial charge in [-0.25, -0.2) is 4.98 Å². The second-order valence-corrected chi connectivity index (χ2v) is 10.3. The molecule has 1 aliphatic heterocycles. The average molecular weight is 549 g/mol. The van der Waals surface area contributed by atoms with Crippen molar-refractivity contribution in [3.8, 4) is 5.75 Å². The number of carbonyl (C=O) groups is 2. The molecule has 1 aliphatic rings. The van der Waals surface area contributed by atoms with Crippen LogP contribution in [0, 0.1) is 13.8 Å². The van der Waals surface area contributed by atoms with Crippen molar-refractivity contribution < 1.29 is 19.4 Å². The molecule has 0 radical (unpaired) electrons. The molecule has 176 valence electrons. The molecule has 1 aromatic heterocycles. The van der Waals surface area contributed by atoms with Gasteiger partial charge in [-0.15, -0.1) is 0 Å². The summed E-state index contributed by atoms with van der Waals surface area (Å²) in [5.41, 5.74) is 4.00. The van der Waals surface area contributed by atoms with E-state index in [1.54, 1.807) is 31.4 Å². The minimum atomic E-state index is -0.837. The zero-order chi connectivity index (χ0) is 24.9. The molecule has 3 aromatic carbocycles. The number of aliphatic hydroxyl groups is 1. The third-order valence-corrected chi connectivity index (χ3v) is 7.49. The minimum absolute atomic E-state index is 0.0189. The number of rotatable bonds is 4. The molecule has 1 atom stereocenters. The van der Waals surface area contributed by atoms with Crippen molar-refractivity contribution in [1.82, 2.24) is 4.98 Å². The van der Waals surface area contributed by atoms with E-state index in [0.717, 1.165) is 25.8 Å². The lowest BCUT2D eigenvalue weighted by molar-refractivity contribution is -0.132. The zero-order valence-electron chi connectivity index (χ0n) is 19.2. The van der Waals surface area contributed by atoms with Gasteiger partial charge in [0.15, 0.2) is 5.13 Å². The van der Waals surface area contributed by atoms with E-state index in [9.17, 15) is 14.7 Å². The molecule has 0 spiro atoms. The largest absolute Gasteiger partial charge is 0.507 e. The number of aryl methyl sites for hydroxylation is 2. The summed E-state index contributed by atoms with van der Waals surface area (Å²) in [6.45, 7) is 3.98. The van der Waals surface area contributed by atoms with Gasteiger partial charge in [-0.3, -0.25) is 14.5 Å². The average Bonchev–Trinajstić information content (AvgIpc) is 3.37. The lowest BCUT2D eigenvalue weighted by Crippen LogP contribution is -2.29. The first kappa shape index (κ1) is 23.3. The van der Waals surface area contributed by atoms with E-state index < -0.39 is 17.7 Å². The molecule has 6 nitrogen and oxygen atoms in total. The van der Waals surface area contributed by atoms with Crippen molar-refractivity contribution in [2.45, 2.75) is 19.9 Å². The Morgan fingerprint density at radius 3 is 2.51 bits per heavy atom. The first-order valence-corrected chi connectivity index (χ1v) is 12.5. The molecule has 5 rings (SSSR count). The molecule has 1 amide bonds. The molecule has 1 saturated heterocycles. The first-order chi connectivity index (χ1) is 16.8. The molecule has 1 fully saturated rings. The van der Waals surface area contributed by atoms with Gasteiger partial charge >= 0.3 is 5.91 Å². The van der Waals surface area contributed by atoms with Crippen LogP contribution in [-0.2, 0) is 9.59 Å². The first-order valence-electron chi connectivity index (χ1n) is 10.9. The van der Waals surface area contributed by atoms with E-state index in [1.807, 2.05) is 50.2 Å². The van der Waals surface area contributed by atoms with Gasteiger partial charge in [0.2, 0.25) is 0 Å². The Kier molecular flexibility index (Phi) is 5.94. The van der Waals surface area contributed by atoms with E-state index in [1.165, 1.54) is 16.2 Å². The van der Waals surface area contributed by atoms with Crippen LogP contribution in [0.4, 0.5) is 5.13 Å². The molecular formula is C27H21BrN2O4S. The molecule has 1 unspecified atom stereocenters. The SMILES string of the molecule is COc1ccc(C(O)=C2C(=O)C(=O)N(c3nc4c(C)cc(C)cc4s3)C2c2cccc(Br)c2)cc1. The second-order valence-electron chi connectivity index (χ2n) is 8.38. The molecular weight excluding hydrogens is 528 g/mol. The Hall–Kier alpha value is -3.49. The van der Waals surface area contributed by atoms with E-state index >= 15 is 0 Å². The zero-order valence-corrected chi connectivity index (χ0v) is 21.6. The number of anilines is 1. The quantitative estimate of drug-likeness (QED) is 0.183. The summed E-state index contributed by atoms with van der Waals surface area (Å²) in [5, 5.41) is 11.7. The van der Waals surface area contributed by atoms with Crippen LogP contribution in [-0.4, -0.2) is 28.9 Å². The number of Topliss-reactive ketones (excluding diaryl/α,β-unsaturated/α-hetero) is 1. The maximum atomic E-state index is 13.4. The summed E-state index contributed by atoms with van der Waals surface area (Å²) in [7, 11) is 1.55. The monoisotopic (exact) mass is 548 g/mol. The van der Waals surface area contributed by atoms with Crippen molar-refractivity contribution in [3.63, 3.8) is 0 Å². The van der Waals surface area contributed by atoms with Crippen molar-refractivity contribution >= 4 is 60.1 Å². The third kappa shape index (κ3) is 4.02. The lowest BCUT2D eigenvalue weighted by atomic mass is 9.95. The van der Waals surface area contributed by atoms with Gasteiger partial charge in [-0.2, -0.15) is 0 Å². The second kappa shape index (κ2) is 8.94. The highest BCUT2D eigenvalue weighted by molar-refractivity contribution is 9.10. The van der Waals surface area contributed by atoms with Crippen molar-refractivity contribution in [2.24, 2.45) is 0 Å². The van der Waals surface area contributed by atoms with Crippen LogP contribution in [0.3, 0.4) is 0 Å². The number of carbonyl (C=O) groups excluding carboxylic acids is 2. The number of methoxy groups -OCH3 is 1. The molecule has 2 heterocycles. The summed E-state index contributed by atoms with van der Waals surface area (Å²) in [6.07, 6.45) is 0. The van der Waals surface area contributed by atoms with Gasteiger partial charge in [0.1, 0.15) is 11.5 Å². The van der Waals surface area contributed by atoms with Crippen LogP contribution in [0.2, 0.25) is 0 Å². The predicted octanol–water partition coefficient (Wildman–Crippen LogP) is 6.31. The maximum Gasteiger partial charge on any atom is 0.301 e. The number of fused-ring (bicyclic) bond motifs is 1. The Balaban J connectivity index is 1.73. The third-order valence-electron chi connectivity index (χ3n) is 6.00. The standard InChI is InChI=1S/C27H21BrN2O4S/c1-14-11-15(2)22-20(12-14)35-27(29-22)30-23(17-5-4-6-18(28)13-17)21(25(32)26(30)33)24(31)16-7-9-19(34-3)10-8-16/h4-13,23,31H,1-3H3. The Morgan fingerprint density at radius 2 is 1.83 bits per heavy atom. The number of aromatic nitrogens is 1. The fraction of sp³-hybridized carbons (Fsp3) is 0.148. The summed E-state index contributed by atoms with van der Waals surface area (Å²) in [6, 6.07) is 17.3. The number of amides is 1. The van der Waals surface area contributed by atoms with Gasteiger partial charge in [0, 0.05) is 10.0 Å². The highest BCUT2D eigenvalue weighted by atomic mass is 79.9. The van der Waals surface area contributed by atoms with Crippen LogP contribution in [0.5, 0.6) is 5.75 Å². The van der Waals surface area contributed by atoms with E-state index in [2.05, 4.69) is 15.9 Å². The normalized spacial score (nSPS) is 17.4. The van der Waals surface area contributed by atoms with Crippen LogP contribution in [0.1, 0.15) is 28.3 Å². The maximum absolute atomic E-state index is 13.4. The predicted molar refractivity (Wildman–Crippen MR) is 141 cm³/mol. The lowest BCUT2D eigenvalue weighted by Gasteiger charge is -2.23. The Bertz CT molecular complexity index is 1520. The summed E-state index contributed by atoms with van der Waals surface area (Å²) >= 11 is 4.84. The van der Waals surface area contributed by atoms with Crippen molar-refractivity contribution in [3.05, 3.63) is 93.0 Å². The molecule has 0 aliphatic carbocycles. The molecule has 8 heteroatoms. The van der Waals surface area contributed by atoms with Gasteiger partial charge in [-0.05, 0) is 73.0 Å². The van der Waals surface area contributed by atoms with Gasteiger partial charge in [-0.1, -0.05) is 45.5 Å². The van der Waals surface area contributed by atoms with Crippen LogP contribution < -0.4 is 9.64 Å². The van der Waals surface area contributed by atoms with E-state index in [-0.39, 0.29) is 11.3 Å². The number of hydrogen-bond acceptors (Lipinski definition) is 6. The summed E-state index contributed by atoms with van der Waals surface area (Å²) in [5.74, 6) is -1.11. The number of ketones is 1. The smallest absolute Gasteiger partial charge is 0.301 e. The van der Waals surface area contributed by atoms with Gasteiger partial charge < -0.3 is 9.84 Å². The van der Waals surface area contributed by atoms with E-state index in [4.69, 9.17) is 9.72 Å². The molecule has 35 heavy (non-hydrogen) atoms. The fourth-order valence-electron chi connectivity index (χ4n) is 4.39. The number of thiazole rings is 1. The highest BCUT2D eigenvalue weighted by Gasteiger charge is 2.48. The van der Waals surface area contributed by atoms with Gasteiger partial charge in [0.05, 0.1) is 28.9 Å².